The van der Waals surface area contributed by atoms with E-state index < -0.39 is 0 Å². The molecule has 3 atom stereocenters. The smallest absolute Gasteiger partial charge is 0.221 e. The normalized spacial score (nSPS) is 30.6. The molecule has 0 aromatic carbocycles. The minimum atomic E-state index is 0.348. The van der Waals surface area contributed by atoms with Gasteiger partial charge in [-0.3, -0.25) is 0 Å². The molecular weight excluding hydrogens is 218 g/mol. The highest BCUT2D eigenvalue weighted by atomic mass is 16.5. The van der Waals surface area contributed by atoms with Crippen LogP contribution in [0.3, 0.4) is 0 Å². The van der Waals surface area contributed by atoms with E-state index in [1.165, 1.54) is 12.7 Å². The zero-order chi connectivity index (χ0) is 11.8. The van der Waals surface area contributed by atoms with Crippen molar-refractivity contribution < 1.29 is 9.47 Å². The second kappa shape index (κ2) is 4.14. The molecule has 0 saturated carbocycles. The lowest BCUT2D eigenvalue weighted by Crippen LogP contribution is -2.31. The van der Waals surface area contributed by atoms with Crippen LogP contribution in [0.15, 0.2) is 6.33 Å². The number of rotatable bonds is 3. The first kappa shape index (κ1) is 10.8. The summed E-state index contributed by atoms with van der Waals surface area (Å²) in [6.45, 7) is 1.97. The molecule has 0 amide bonds. The summed E-state index contributed by atoms with van der Waals surface area (Å²) in [6, 6.07) is 0.382. The number of anilines is 1. The molecule has 17 heavy (non-hydrogen) atoms. The summed E-state index contributed by atoms with van der Waals surface area (Å²) < 4.78 is 11.0. The summed E-state index contributed by atoms with van der Waals surface area (Å²) >= 11 is 0. The number of ether oxygens (including phenoxy) is 2. The van der Waals surface area contributed by atoms with Gasteiger partial charge in [-0.25, -0.2) is 9.97 Å². The quantitative estimate of drug-likeness (QED) is 0.861. The van der Waals surface area contributed by atoms with Crippen LogP contribution < -0.4 is 10.1 Å². The fraction of sp³-hybridized carbons (Fsp3) is 0.667. The number of aromatic nitrogens is 2. The van der Waals surface area contributed by atoms with Gasteiger partial charge in [0.2, 0.25) is 5.88 Å². The molecule has 3 unspecified atom stereocenters. The van der Waals surface area contributed by atoms with Gasteiger partial charge in [0.15, 0.2) is 0 Å². The summed E-state index contributed by atoms with van der Waals surface area (Å²) in [7, 11) is 1.62. The Hall–Kier alpha value is -1.36. The average molecular weight is 235 g/mol. The summed E-state index contributed by atoms with van der Waals surface area (Å²) in [5.74, 6) is 1.49. The molecule has 2 saturated heterocycles. The van der Waals surface area contributed by atoms with E-state index in [4.69, 9.17) is 9.47 Å². The van der Waals surface area contributed by atoms with E-state index in [1.54, 1.807) is 7.11 Å². The topological polar surface area (TPSA) is 56.3 Å². The van der Waals surface area contributed by atoms with E-state index in [9.17, 15) is 0 Å². The number of fused-ring (bicyclic) bond motifs is 2. The number of nitrogens with zero attached hydrogens (tertiary/aromatic N) is 2. The molecular formula is C12H17N3O2. The highest BCUT2D eigenvalue weighted by molar-refractivity contribution is 5.48. The van der Waals surface area contributed by atoms with Crippen LogP contribution in [0.25, 0.3) is 0 Å². The number of nitrogens with one attached hydrogen (secondary N) is 1. The molecule has 0 aliphatic carbocycles. The van der Waals surface area contributed by atoms with Crippen molar-refractivity contribution in [3.05, 3.63) is 11.9 Å². The summed E-state index contributed by atoms with van der Waals surface area (Å²) in [5, 5.41) is 3.46. The van der Waals surface area contributed by atoms with E-state index in [2.05, 4.69) is 15.3 Å². The molecule has 3 rings (SSSR count). The van der Waals surface area contributed by atoms with Gasteiger partial charge in [-0.05, 0) is 26.2 Å². The maximum Gasteiger partial charge on any atom is 0.221 e. The van der Waals surface area contributed by atoms with Gasteiger partial charge in [0.05, 0.1) is 30.9 Å². The molecule has 2 bridgehead atoms. The summed E-state index contributed by atoms with van der Waals surface area (Å²) in [5.41, 5.74) is 0.956. The maximum absolute atomic E-state index is 5.82. The third kappa shape index (κ3) is 1.84. The molecule has 92 valence electrons. The van der Waals surface area contributed by atoms with Gasteiger partial charge in [0, 0.05) is 0 Å². The zero-order valence-electron chi connectivity index (χ0n) is 10.1. The molecule has 5 nitrogen and oxygen atoms in total. The van der Waals surface area contributed by atoms with Crippen molar-refractivity contribution in [3.63, 3.8) is 0 Å². The van der Waals surface area contributed by atoms with Crippen molar-refractivity contribution in [2.45, 2.75) is 44.4 Å². The highest BCUT2D eigenvalue weighted by Crippen LogP contribution is 2.36. The lowest BCUT2D eigenvalue weighted by Gasteiger charge is -2.21. The largest absolute Gasteiger partial charge is 0.481 e. The zero-order valence-corrected chi connectivity index (χ0v) is 10.1. The van der Waals surface area contributed by atoms with Gasteiger partial charge in [0.1, 0.15) is 12.1 Å². The fourth-order valence-corrected chi connectivity index (χ4v) is 2.75. The van der Waals surface area contributed by atoms with Crippen molar-refractivity contribution in [2.75, 3.05) is 12.4 Å². The van der Waals surface area contributed by atoms with E-state index in [0.29, 0.717) is 24.1 Å². The molecule has 2 aliphatic heterocycles. The maximum atomic E-state index is 5.82. The molecule has 5 heteroatoms. The van der Waals surface area contributed by atoms with Crippen LogP contribution in [0.5, 0.6) is 5.88 Å². The van der Waals surface area contributed by atoms with Gasteiger partial charge in [-0.1, -0.05) is 0 Å². The van der Waals surface area contributed by atoms with Crippen molar-refractivity contribution in [1.29, 1.82) is 0 Å². The standard InChI is InChI=1S/C12H17N3O2/c1-7-11(13-6-14-12(7)16-2)15-9-5-8-3-4-10(9)17-8/h6,8-10H,3-5H2,1-2H3,(H,13,14,15). The average Bonchev–Trinajstić information content (AvgIpc) is 2.94. The Balaban J connectivity index is 1.77. The lowest BCUT2D eigenvalue weighted by atomic mass is 9.95. The monoisotopic (exact) mass is 235 g/mol. The molecule has 1 aromatic rings. The Kier molecular flexibility index (Phi) is 2.63. The molecule has 2 aliphatic rings. The van der Waals surface area contributed by atoms with Crippen LogP contribution >= 0.6 is 0 Å². The SMILES string of the molecule is COc1ncnc(NC2CC3CCC2O3)c1C. The predicted molar refractivity (Wildman–Crippen MR) is 63.2 cm³/mol. The van der Waals surface area contributed by atoms with Crippen LogP contribution in [-0.2, 0) is 4.74 Å². The van der Waals surface area contributed by atoms with Gasteiger partial charge < -0.3 is 14.8 Å². The third-order valence-corrected chi connectivity index (χ3v) is 3.66. The third-order valence-electron chi connectivity index (χ3n) is 3.66. The molecule has 3 heterocycles. The molecule has 1 N–H and O–H groups in total. The fourth-order valence-electron chi connectivity index (χ4n) is 2.75. The summed E-state index contributed by atoms with van der Waals surface area (Å²) in [6.07, 6.45) is 5.76. The Morgan fingerprint density at radius 2 is 2.29 bits per heavy atom. The summed E-state index contributed by atoms with van der Waals surface area (Å²) in [4.78, 5) is 8.35. The van der Waals surface area contributed by atoms with Crippen molar-refractivity contribution >= 4 is 5.82 Å². The number of methoxy groups -OCH3 is 1. The molecule has 2 fully saturated rings. The van der Waals surface area contributed by atoms with E-state index >= 15 is 0 Å². The van der Waals surface area contributed by atoms with Crippen LogP contribution in [0.2, 0.25) is 0 Å². The van der Waals surface area contributed by atoms with Crippen LogP contribution in [0.4, 0.5) is 5.82 Å². The van der Waals surface area contributed by atoms with Gasteiger partial charge in [-0.15, -0.1) is 0 Å². The van der Waals surface area contributed by atoms with Gasteiger partial charge in [-0.2, -0.15) is 0 Å². The predicted octanol–water partition coefficient (Wildman–Crippen LogP) is 1.53. The van der Waals surface area contributed by atoms with Crippen LogP contribution in [0.1, 0.15) is 24.8 Å². The van der Waals surface area contributed by atoms with Crippen molar-refractivity contribution in [2.24, 2.45) is 0 Å². The number of hydrogen-bond acceptors (Lipinski definition) is 5. The first-order valence-electron chi connectivity index (χ1n) is 6.05. The second-order valence-corrected chi connectivity index (χ2v) is 4.72. The van der Waals surface area contributed by atoms with Gasteiger partial charge in [0.25, 0.3) is 0 Å². The number of hydrogen-bond donors (Lipinski definition) is 1. The Labute approximate surface area is 101 Å². The highest BCUT2D eigenvalue weighted by Gasteiger charge is 2.41. The van der Waals surface area contributed by atoms with E-state index in [1.807, 2.05) is 6.92 Å². The Morgan fingerprint density at radius 1 is 1.41 bits per heavy atom. The first-order valence-corrected chi connectivity index (χ1v) is 6.05. The van der Waals surface area contributed by atoms with Crippen molar-refractivity contribution in [1.82, 2.24) is 9.97 Å². The van der Waals surface area contributed by atoms with Crippen LogP contribution in [0, 0.1) is 6.92 Å². The minimum Gasteiger partial charge on any atom is -0.481 e. The van der Waals surface area contributed by atoms with E-state index in [-0.39, 0.29) is 0 Å². The van der Waals surface area contributed by atoms with Crippen LogP contribution in [-0.4, -0.2) is 35.3 Å². The first-order chi connectivity index (χ1) is 8.28. The molecule has 0 radical (unpaired) electrons. The van der Waals surface area contributed by atoms with Gasteiger partial charge >= 0.3 is 0 Å². The Bertz CT molecular complexity index is 424. The lowest BCUT2D eigenvalue weighted by molar-refractivity contribution is 0.102. The van der Waals surface area contributed by atoms with Crippen molar-refractivity contribution in [3.8, 4) is 5.88 Å². The molecule has 0 spiro atoms. The second-order valence-electron chi connectivity index (χ2n) is 4.72. The Morgan fingerprint density at radius 3 is 2.94 bits per heavy atom. The molecule has 1 aromatic heterocycles. The minimum absolute atomic E-state index is 0.348. The van der Waals surface area contributed by atoms with E-state index in [0.717, 1.165) is 24.2 Å².